The lowest BCUT2D eigenvalue weighted by Gasteiger charge is -2.03. The zero-order chi connectivity index (χ0) is 9.26. The smallest absolute Gasteiger partial charge is 0.166 e. The number of nitriles is 1. The minimum atomic E-state index is 0.476. The first-order chi connectivity index (χ1) is 6.31. The fourth-order valence-electron chi connectivity index (χ4n) is 1.23. The van der Waals surface area contributed by atoms with E-state index in [1.54, 1.807) is 6.07 Å². The molecule has 0 aromatic carbocycles. The van der Waals surface area contributed by atoms with Crippen molar-refractivity contribution in [2.24, 2.45) is 5.92 Å². The van der Waals surface area contributed by atoms with E-state index >= 15 is 0 Å². The predicted octanol–water partition coefficient (Wildman–Crippen LogP) is 1.17. The van der Waals surface area contributed by atoms with Crippen LogP contribution in [-0.4, -0.2) is 16.2 Å². The lowest BCUT2D eigenvalue weighted by atomic mass is 10.3. The van der Waals surface area contributed by atoms with Crippen molar-refractivity contribution in [3.05, 3.63) is 17.8 Å². The molecule has 2 atom stereocenters. The molecule has 1 aliphatic carbocycles. The van der Waals surface area contributed by atoms with Crippen molar-refractivity contribution in [2.45, 2.75) is 19.4 Å². The Hall–Kier alpha value is -1.63. The summed E-state index contributed by atoms with van der Waals surface area (Å²) in [5.41, 5.74) is 0.564. The van der Waals surface area contributed by atoms with Crippen LogP contribution in [0, 0.1) is 17.2 Å². The largest absolute Gasteiger partial charge is 0.364 e. The molecule has 0 saturated heterocycles. The summed E-state index contributed by atoms with van der Waals surface area (Å²) < 4.78 is 0. The van der Waals surface area contributed by atoms with Crippen LogP contribution < -0.4 is 5.32 Å². The van der Waals surface area contributed by atoms with Gasteiger partial charge in [-0.3, -0.25) is 0 Å². The SMILES string of the molecule is CC1CC1Nc1nnccc1C#N. The highest BCUT2D eigenvalue weighted by Gasteiger charge is 2.33. The van der Waals surface area contributed by atoms with Gasteiger partial charge in [0, 0.05) is 6.04 Å². The first kappa shape index (κ1) is 7.99. The highest BCUT2D eigenvalue weighted by Crippen LogP contribution is 2.32. The molecule has 1 aromatic rings. The molecule has 0 spiro atoms. The van der Waals surface area contributed by atoms with Gasteiger partial charge in [-0.05, 0) is 18.4 Å². The van der Waals surface area contributed by atoms with Crippen LogP contribution in [-0.2, 0) is 0 Å². The Morgan fingerprint density at radius 3 is 3.08 bits per heavy atom. The molecule has 2 rings (SSSR count). The minimum absolute atomic E-state index is 0.476. The molecular weight excluding hydrogens is 164 g/mol. The number of rotatable bonds is 2. The zero-order valence-electron chi connectivity index (χ0n) is 7.36. The van der Waals surface area contributed by atoms with Gasteiger partial charge in [0.2, 0.25) is 0 Å². The number of hydrogen-bond acceptors (Lipinski definition) is 4. The number of nitrogens with one attached hydrogen (secondary N) is 1. The van der Waals surface area contributed by atoms with Gasteiger partial charge in [0.25, 0.3) is 0 Å². The second kappa shape index (κ2) is 3.02. The zero-order valence-corrected chi connectivity index (χ0v) is 7.36. The molecule has 4 heteroatoms. The average Bonchev–Trinajstić information content (AvgIpc) is 2.83. The highest BCUT2D eigenvalue weighted by molar-refractivity contribution is 5.51. The van der Waals surface area contributed by atoms with Crippen LogP contribution in [0.25, 0.3) is 0 Å². The summed E-state index contributed by atoms with van der Waals surface area (Å²) >= 11 is 0. The van der Waals surface area contributed by atoms with Crippen molar-refractivity contribution in [3.8, 4) is 6.07 Å². The van der Waals surface area contributed by atoms with Crippen LogP contribution in [0.15, 0.2) is 12.3 Å². The van der Waals surface area contributed by atoms with Crippen molar-refractivity contribution in [2.75, 3.05) is 5.32 Å². The fourth-order valence-corrected chi connectivity index (χ4v) is 1.23. The van der Waals surface area contributed by atoms with Crippen molar-refractivity contribution < 1.29 is 0 Å². The van der Waals surface area contributed by atoms with Gasteiger partial charge in [-0.25, -0.2) is 0 Å². The molecule has 1 aromatic heterocycles. The number of anilines is 1. The summed E-state index contributed by atoms with van der Waals surface area (Å²) in [6.45, 7) is 2.17. The Morgan fingerprint density at radius 2 is 2.46 bits per heavy atom. The van der Waals surface area contributed by atoms with Crippen molar-refractivity contribution in [1.29, 1.82) is 5.26 Å². The molecule has 1 heterocycles. The first-order valence-electron chi connectivity index (χ1n) is 4.29. The monoisotopic (exact) mass is 174 g/mol. The van der Waals surface area contributed by atoms with Crippen LogP contribution in [0.1, 0.15) is 18.9 Å². The molecule has 1 N–H and O–H groups in total. The third-order valence-electron chi connectivity index (χ3n) is 2.27. The van der Waals surface area contributed by atoms with E-state index in [4.69, 9.17) is 5.26 Å². The Morgan fingerprint density at radius 1 is 1.69 bits per heavy atom. The van der Waals surface area contributed by atoms with E-state index in [1.165, 1.54) is 6.20 Å². The second-order valence-corrected chi connectivity index (χ2v) is 3.37. The molecule has 1 fully saturated rings. The minimum Gasteiger partial charge on any atom is -0.364 e. The Labute approximate surface area is 76.6 Å². The van der Waals surface area contributed by atoms with Gasteiger partial charge >= 0.3 is 0 Å². The molecular formula is C9H10N4. The molecule has 0 bridgehead atoms. The molecule has 66 valence electrons. The van der Waals surface area contributed by atoms with Crippen molar-refractivity contribution >= 4 is 5.82 Å². The highest BCUT2D eigenvalue weighted by atomic mass is 15.2. The number of hydrogen-bond donors (Lipinski definition) is 1. The third-order valence-corrected chi connectivity index (χ3v) is 2.27. The first-order valence-corrected chi connectivity index (χ1v) is 4.29. The van der Waals surface area contributed by atoms with Gasteiger partial charge < -0.3 is 5.32 Å². The molecule has 4 nitrogen and oxygen atoms in total. The Kier molecular flexibility index (Phi) is 1.85. The quantitative estimate of drug-likeness (QED) is 0.731. The molecule has 2 unspecified atom stereocenters. The summed E-state index contributed by atoms with van der Waals surface area (Å²) in [5.74, 6) is 1.30. The molecule has 1 aliphatic rings. The summed E-state index contributed by atoms with van der Waals surface area (Å²) in [7, 11) is 0. The van der Waals surface area contributed by atoms with Gasteiger partial charge in [0.05, 0.1) is 11.8 Å². The van der Waals surface area contributed by atoms with Crippen molar-refractivity contribution in [3.63, 3.8) is 0 Å². The molecule has 0 amide bonds. The summed E-state index contributed by atoms with van der Waals surface area (Å²) in [6.07, 6.45) is 2.68. The van der Waals surface area contributed by atoms with Gasteiger partial charge in [0.15, 0.2) is 5.82 Å². The number of nitrogens with zero attached hydrogens (tertiary/aromatic N) is 3. The standard InChI is InChI=1S/C9H10N4/c1-6-4-8(6)12-9-7(5-10)2-3-11-13-9/h2-3,6,8H,4H2,1H3,(H,12,13). The summed E-state index contributed by atoms with van der Waals surface area (Å²) in [6, 6.07) is 4.22. The maximum absolute atomic E-state index is 8.76. The molecule has 1 saturated carbocycles. The lowest BCUT2D eigenvalue weighted by Crippen LogP contribution is -2.07. The lowest BCUT2D eigenvalue weighted by molar-refractivity contribution is 0.910. The van der Waals surface area contributed by atoms with E-state index < -0.39 is 0 Å². The maximum atomic E-state index is 8.76. The van der Waals surface area contributed by atoms with Crippen LogP contribution in [0.2, 0.25) is 0 Å². The van der Waals surface area contributed by atoms with E-state index in [2.05, 4.69) is 28.5 Å². The van der Waals surface area contributed by atoms with Gasteiger partial charge in [-0.2, -0.15) is 10.4 Å². The normalized spacial score (nSPS) is 24.9. The summed E-state index contributed by atoms with van der Waals surface area (Å²) in [5, 5.41) is 19.6. The molecule has 0 aliphatic heterocycles. The van der Waals surface area contributed by atoms with Crippen LogP contribution in [0.3, 0.4) is 0 Å². The Bertz CT molecular complexity index is 355. The van der Waals surface area contributed by atoms with E-state index in [1.807, 2.05) is 0 Å². The van der Waals surface area contributed by atoms with E-state index in [9.17, 15) is 0 Å². The maximum Gasteiger partial charge on any atom is 0.166 e. The molecule has 0 radical (unpaired) electrons. The number of aromatic nitrogens is 2. The summed E-state index contributed by atoms with van der Waals surface area (Å²) in [4.78, 5) is 0. The average molecular weight is 174 g/mol. The fraction of sp³-hybridized carbons (Fsp3) is 0.444. The Balaban J connectivity index is 2.15. The molecule has 13 heavy (non-hydrogen) atoms. The second-order valence-electron chi connectivity index (χ2n) is 3.37. The van der Waals surface area contributed by atoms with Crippen LogP contribution >= 0.6 is 0 Å². The van der Waals surface area contributed by atoms with Crippen LogP contribution in [0.4, 0.5) is 5.82 Å². The van der Waals surface area contributed by atoms with Gasteiger partial charge in [-0.1, -0.05) is 6.92 Å². The van der Waals surface area contributed by atoms with E-state index in [0.29, 0.717) is 23.3 Å². The topological polar surface area (TPSA) is 61.6 Å². The van der Waals surface area contributed by atoms with Gasteiger partial charge in [-0.15, -0.1) is 5.10 Å². The third kappa shape index (κ3) is 1.59. The van der Waals surface area contributed by atoms with E-state index in [-0.39, 0.29) is 0 Å². The van der Waals surface area contributed by atoms with Gasteiger partial charge in [0.1, 0.15) is 6.07 Å². The predicted molar refractivity (Wildman–Crippen MR) is 47.9 cm³/mol. The van der Waals surface area contributed by atoms with E-state index in [0.717, 1.165) is 6.42 Å². The van der Waals surface area contributed by atoms with Crippen molar-refractivity contribution in [1.82, 2.24) is 10.2 Å². The van der Waals surface area contributed by atoms with Crippen LogP contribution in [0.5, 0.6) is 0 Å².